The highest BCUT2D eigenvalue weighted by molar-refractivity contribution is 5.95. The number of nitrogens with one attached hydrogen (secondary N) is 3. The summed E-state index contributed by atoms with van der Waals surface area (Å²) in [5.41, 5.74) is 11.9. The Kier molecular flexibility index (Phi) is 5.18. The molecule has 1 atom stereocenters. The molecule has 2 aliphatic heterocycles. The summed E-state index contributed by atoms with van der Waals surface area (Å²) in [6, 6.07) is 5.85. The molecule has 6 heterocycles. The van der Waals surface area contributed by atoms with Crippen LogP contribution in [0.4, 0.5) is 23.1 Å². The van der Waals surface area contributed by atoms with Crippen LogP contribution in [-0.2, 0) is 17.8 Å². The van der Waals surface area contributed by atoms with Crippen LogP contribution in [0.5, 0.6) is 0 Å². The molecule has 1 amide bonds. The van der Waals surface area contributed by atoms with E-state index in [1.807, 2.05) is 31.3 Å². The molecule has 0 bridgehead atoms. The second-order valence-electron chi connectivity index (χ2n) is 9.08. The van der Waals surface area contributed by atoms with E-state index in [1.165, 1.54) is 0 Å². The Bertz CT molecular complexity index is 1570. The van der Waals surface area contributed by atoms with Crippen molar-refractivity contribution >= 4 is 39.8 Å². The van der Waals surface area contributed by atoms with Crippen LogP contribution < -0.4 is 21.7 Å². The lowest BCUT2D eigenvalue weighted by Crippen LogP contribution is -2.25. The Morgan fingerprint density at radius 1 is 1.17 bits per heavy atom. The largest absolute Gasteiger partial charge is 0.383 e. The van der Waals surface area contributed by atoms with Crippen molar-refractivity contribution in [1.29, 1.82) is 0 Å². The zero-order chi connectivity index (χ0) is 24.8. The average molecular weight is 480 g/mol. The fourth-order valence-electron chi connectivity index (χ4n) is 4.90. The lowest BCUT2D eigenvalue weighted by Gasteiger charge is -2.25. The van der Waals surface area contributed by atoms with Gasteiger partial charge in [0.25, 0.3) is 0 Å². The SMILES string of the molecule is C#C[C@@H]1CCNc2c1ncc(-c1cc3cc(Nc4cc5n(n4)CC(=O)NCC5)ncc3c(N)n1)c2C. The Morgan fingerprint density at radius 2 is 2.06 bits per heavy atom. The molecular weight excluding hydrogens is 454 g/mol. The van der Waals surface area contributed by atoms with E-state index in [-0.39, 0.29) is 18.4 Å². The molecule has 0 spiro atoms. The highest BCUT2D eigenvalue weighted by Gasteiger charge is 2.23. The minimum atomic E-state index is -0.0419. The van der Waals surface area contributed by atoms with Crippen LogP contribution in [0, 0.1) is 19.3 Å². The van der Waals surface area contributed by atoms with E-state index in [1.54, 1.807) is 10.9 Å². The number of anilines is 4. The highest BCUT2D eigenvalue weighted by Crippen LogP contribution is 2.37. The summed E-state index contributed by atoms with van der Waals surface area (Å²) >= 11 is 0. The van der Waals surface area contributed by atoms with E-state index in [0.717, 1.165) is 64.1 Å². The first-order chi connectivity index (χ1) is 17.5. The van der Waals surface area contributed by atoms with Gasteiger partial charge in [-0.1, -0.05) is 5.92 Å². The second kappa shape index (κ2) is 8.53. The molecule has 10 heteroatoms. The van der Waals surface area contributed by atoms with Crippen LogP contribution >= 0.6 is 0 Å². The van der Waals surface area contributed by atoms with Gasteiger partial charge >= 0.3 is 0 Å². The van der Waals surface area contributed by atoms with Crippen molar-refractivity contribution in [3.8, 4) is 23.6 Å². The minimum absolute atomic E-state index is 0.00993. The molecule has 0 aromatic carbocycles. The first-order valence-electron chi connectivity index (χ1n) is 11.9. The number of aromatic nitrogens is 5. The number of hydrogen-bond donors (Lipinski definition) is 4. The van der Waals surface area contributed by atoms with Gasteiger partial charge in [-0.3, -0.25) is 14.5 Å². The molecule has 4 aromatic heterocycles. The quantitative estimate of drug-likeness (QED) is 0.329. The van der Waals surface area contributed by atoms with Gasteiger partial charge in [0.1, 0.15) is 18.2 Å². The molecular formula is C26H25N9O. The molecule has 5 N–H and O–H groups in total. The molecule has 0 radical (unpaired) electrons. The van der Waals surface area contributed by atoms with Crippen molar-refractivity contribution in [2.45, 2.75) is 32.2 Å². The summed E-state index contributed by atoms with van der Waals surface area (Å²) in [5, 5.41) is 15.7. The van der Waals surface area contributed by atoms with Crippen LogP contribution in [0.2, 0.25) is 0 Å². The number of carbonyl (C=O) groups excluding carboxylic acids is 1. The van der Waals surface area contributed by atoms with E-state index in [0.29, 0.717) is 24.0 Å². The third kappa shape index (κ3) is 3.75. The maximum atomic E-state index is 11.8. The van der Waals surface area contributed by atoms with Crippen LogP contribution in [0.25, 0.3) is 22.0 Å². The Hall–Kier alpha value is -4.65. The van der Waals surface area contributed by atoms with Crippen molar-refractivity contribution in [2.24, 2.45) is 0 Å². The lowest BCUT2D eigenvalue weighted by atomic mass is 9.92. The number of nitrogen functional groups attached to an aromatic ring is 1. The van der Waals surface area contributed by atoms with Crippen molar-refractivity contribution in [2.75, 3.05) is 29.5 Å². The van der Waals surface area contributed by atoms with Gasteiger partial charge < -0.3 is 21.7 Å². The minimum Gasteiger partial charge on any atom is -0.383 e. The number of rotatable bonds is 3. The molecule has 10 nitrogen and oxygen atoms in total. The summed E-state index contributed by atoms with van der Waals surface area (Å²) < 4.78 is 1.72. The van der Waals surface area contributed by atoms with Gasteiger partial charge in [0.05, 0.1) is 23.0 Å². The van der Waals surface area contributed by atoms with E-state index >= 15 is 0 Å². The fraction of sp³-hybridized carbons (Fsp3) is 0.269. The predicted octanol–water partition coefficient (Wildman–Crippen LogP) is 2.73. The lowest BCUT2D eigenvalue weighted by molar-refractivity contribution is -0.121. The third-order valence-corrected chi connectivity index (χ3v) is 6.77. The number of carbonyl (C=O) groups is 1. The van der Waals surface area contributed by atoms with Gasteiger partial charge in [-0.05, 0) is 36.4 Å². The summed E-state index contributed by atoms with van der Waals surface area (Å²) in [4.78, 5) is 25.7. The molecule has 4 aromatic rings. The molecule has 0 aliphatic carbocycles. The second-order valence-corrected chi connectivity index (χ2v) is 9.08. The number of terminal acetylenes is 1. The first kappa shape index (κ1) is 21.9. The van der Waals surface area contributed by atoms with E-state index in [2.05, 4.69) is 41.9 Å². The molecule has 0 saturated heterocycles. The maximum absolute atomic E-state index is 11.8. The monoisotopic (exact) mass is 479 g/mol. The predicted molar refractivity (Wildman–Crippen MR) is 139 cm³/mol. The molecule has 0 saturated carbocycles. The number of fused-ring (bicyclic) bond motifs is 3. The van der Waals surface area contributed by atoms with Crippen LogP contribution in [0.1, 0.15) is 29.3 Å². The summed E-state index contributed by atoms with van der Waals surface area (Å²) in [6.07, 6.45) is 10.9. The molecule has 0 fully saturated rings. The number of amides is 1. The van der Waals surface area contributed by atoms with Crippen LogP contribution in [0.3, 0.4) is 0 Å². The van der Waals surface area contributed by atoms with Crippen LogP contribution in [0.15, 0.2) is 30.6 Å². The van der Waals surface area contributed by atoms with E-state index in [9.17, 15) is 4.79 Å². The van der Waals surface area contributed by atoms with Gasteiger partial charge in [0.2, 0.25) is 5.91 Å². The van der Waals surface area contributed by atoms with Crippen molar-refractivity contribution in [3.63, 3.8) is 0 Å². The molecule has 0 unspecified atom stereocenters. The zero-order valence-electron chi connectivity index (χ0n) is 19.8. The zero-order valence-corrected chi connectivity index (χ0v) is 19.8. The van der Waals surface area contributed by atoms with Crippen molar-refractivity contribution in [3.05, 3.63) is 47.5 Å². The van der Waals surface area contributed by atoms with Gasteiger partial charge in [0, 0.05) is 54.6 Å². The topological polar surface area (TPSA) is 136 Å². The average Bonchev–Trinajstić information content (AvgIpc) is 3.14. The van der Waals surface area contributed by atoms with E-state index < -0.39 is 0 Å². The molecule has 6 rings (SSSR count). The molecule has 36 heavy (non-hydrogen) atoms. The van der Waals surface area contributed by atoms with Gasteiger partial charge in [-0.2, -0.15) is 5.10 Å². The van der Waals surface area contributed by atoms with Gasteiger partial charge in [-0.25, -0.2) is 9.97 Å². The van der Waals surface area contributed by atoms with Crippen molar-refractivity contribution < 1.29 is 4.79 Å². The Balaban J connectivity index is 1.35. The summed E-state index contributed by atoms with van der Waals surface area (Å²) in [6.45, 7) is 3.66. The smallest absolute Gasteiger partial charge is 0.241 e. The molecule has 180 valence electrons. The Morgan fingerprint density at radius 3 is 2.92 bits per heavy atom. The number of pyridine rings is 3. The first-order valence-corrected chi connectivity index (χ1v) is 11.9. The van der Waals surface area contributed by atoms with E-state index in [4.69, 9.17) is 12.2 Å². The number of nitrogens with zero attached hydrogens (tertiary/aromatic N) is 5. The summed E-state index contributed by atoms with van der Waals surface area (Å²) in [7, 11) is 0. The van der Waals surface area contributed by atoms with Crippen LogP contribution in [-0.4, -0.2) is 43.7 Å². The van der Waals surface area contributed by atoms with Gasteiger partial charge in [0.15, 0.2) is 5.82 Å². The van der Waals surface area contributed by atoms with Crippen molar-refractivity contribution in [1.82, 2.24) is 30.0 Å². The molecule has 2 aliphatic rings. The van der Waals surface area contributed by atoms with Gasteiger partial charge in [-0.15, -0.1) is 6.42 Å². The Labute approximate surface area is 207 Å². The summed E-state index contributed by atoms with van der Waals surface area (Å²) in [5.74, 6) is 4.47. The highest BCUT2D eigenvalue weighted by atomic mass is 16.2. The number of hydrogen-bond acceptors (Lipinski definition) is 8. The normalized spacial score (nSPS) is 16.8. The standard InChI is InChI=1S/C26H25N9O/c1-3-15-4-6-29-24-14(2)18(11-31-25(15)24)20-8-16-9-21(30-12-19(16)26(27)32-20)33-22-10-17-5-7-28-23(36)13-35(17)34-22/h1,8-12,15,29H,4-7,13H2,2H3,(H2,27,32)(H,28,36)(H,30,33,34)/t15-/m1/s1. The number of nitrogens with two attached hydrogens (primary N) is 1. The fourth-order valence-corrected chi connectivity index (χ4v) is 4.90. The third-order valence-electron chi connectivity index (χ3n) is 6.77. The maximum Gasteiger partial charge on any atom is 0.241 e.